The van der Waals surface area contributed by atoms with Gasteiger partial charge in [-0.25, -0.2) is 0 Å². The van der Waals surface area contributed by atoms with E-state index in [1.165, 1.54) is 0 Å². The van der Waals surface area contributed by atoms with Crippen LogP contribution < -0.4 is 0 Å². The van der Waals surface area contributed by atoms with E-state index in [1.807, 2.05) is 0 Å². The number of carbonyl (C=O) groups excluding carboxylic acids is 2. The predicted octanol–water partition coefficient (Wildman–Crippen LogP) is 2.94. The molecule has 6 nitrogen and oxygen atoms in total. The quantitative estimate of drug-likeness (QED) is 0.374. The Morgan fingerprint density at radius 2 is 1.45 bits per heavy atom. The number of fused-ring (bicyclic) bond motifs is 9. The smallest absolute Gasteiger partial charge is 0.272 e. The van der Waals surface area contributed by atoms with Gasteiger partial charge in [0.2, 0.25) is 0 Å². The number of hydroxylamine groups is 2. The summed E-state index contributed by atoms with van der Waals surface area (Å²) in [6.45, 7) is 0. The molecular weight excluding hydrogens is 418 g/mol. The Balaban J connectivity index is 1.40. The van der Waals surface area contributed by atoms with Gasteiger partial charge >= 0.3 is 21.3 Å². The standard InChI is InChI=1S/C18H21F4NO5S/c19-17(20,18(21,22)29(26,27)28-23-13(24)3-4-14(23)25)12-7-10-6-11(12)16-9-2-1-8(5-9)15(10)16/h8-12,15-16H,1-7H2. The second kappa shape index (κ2) is 5.93. The summed E-state index contributed by atoms with van der Waals surface area (Å²) < 4.78 is 87.5. The highest BCUT2D eigenvalue weighted by Crippen LogP contribution is 2.71. The summed E-state index contributed by atoms with van der Waals surface area (Å²) in [5, 5.41) is -5.89. The molecule has 1 saturated heterocycles. The van der Waals surface area contributed by atoms with Gasteiger partial charge in [-0.05, 0) is 67.6 Å². The maximum atomic E-state index is 15.0. The van der Waals surface area contributed by atoms with Gasteiger partial charge in [0.05, 0.1) is 0 Å². The van der Waals surface area contributed by atoms with Gasteiger partial charge in [0.15, 0.2) is 0 Å². The normalized spacial score (nSPS) is 41.7. The van der Waals surface area contributed by atoms with Gasteiger partial charge in [-0.15, -0.1) is 9.35 Å². The molecule has 0 N–H and O–H groups in total. The molecule has 4 aliphatic carbocycles. The molecule has 0 aromatic carbocycles. The maximum Gasteiger partial charge on any atom is 0.433 e. The van der Waals surface area contributed by atoms with Crippen molar-refractivity contribution in [1.82, 2.24) is 5.06 Å². The molecule has 7 unspecified atom stereocenters. The zero-order valence-electron chi connectivity index (χ0n) is 15.4. The van der Waals surface area contributed by atoms with E-state index in [1.54, 1.807) is 0 Å². The Labute approximate surface area is 165 Å². The van der Waals surface area contributed by atoms with E-state index in [9.17, 15) is 26.8 Å². The number of halogens is 4. The van der Waals surface area contributed by atoms with Gasteiger partial charge in [-0.2, -0.15) is 26.0 Å². The van der Waals surface area contributed by atoms with E-state index in [4.69, 9.17) is 0 Å². The molecule has 162 valence electrons. The highest BCUT2D eigenvalue weighted by atomic mass is 32.2. The van der Waals surface area contributed by atoms with E-state index in [0.717, 1.165) is 19.3 Å². The molecule has 11 heteroatoms. The third-order valence-electron chi connectivity index (χ3n) is 8.08. The predicted molar refractivity (Wildman–Crippen MR) is 88.5 cm³/mol. The van der Waals surface area contributed by atoms with Gasteiger partial charge in [0.25, 0.3) is 11.8 Å². The average molecular weight is 439 g/mol. The summed E-state index contributed by atoms with van der Waals surface area (Å²) in [5.74, 6) is -8.62. The fourth-order valence-corrected chi connectivity index (χ4v) is 8.09. The van der Waals surface area contributed by atoms with Crippen molar-refractivity contribution in [2.75, 3.05) is 0 Å². The molecule has 4 saturated carbocycles. The Hall–Kier alpha value is -1.23. The number of rotatable bonds is 5. The molecule has 1 aliphatic heterocycles. The molecule has 7 atom stereocenters. The second-order valence-corrected chi connectivity index (χ2v) is 10.8. The lowest BCUT2D eigenvalue weighted by molar-refractivity contribution is -0.215. The van der Waals surface area contributed by atoms with E-state index in [-0.39, 0.29) is 29.2 Å². The number of alkyl halides is 4. The Bertz CT molecular complexity index is 861. The highest BCUT2D eigenvalue weighted by Gasteiger charge is 2.76. The summed E-state index contributed by atoms with van der Waals surface area (Å²) in [4.78, 5) is 23.0. The van der Waals surface area contributed by atoms with Crippen LogP contribution in [0.4, 0.5) is 17.6 Å². The largest absolute Gasteiger partial charge is 0.433 e. The van der Waals surface area contributed by atoms with Crippen LogP contribution in [0.1, 0.15) is 44.9 Å². The lowest BCUT2D eigenvalue weighted by atomic mass is 9.66. The van der Waals surface area contributed by atoms with E-state index in [2.05, 4.69) is 4.28 Å². The summed E-state index contributed by atoms with van der Waals surface area (Å²) in [6.07, 6.45) is 2.40. The molecule has 4 bridgehead atoms. The number of nitrogens with zero attached hydrogens (tertiary/aromatic N) is 1. The van der Waals surface area contributed by atoms with Crippen molar-refractivity contribution in [2.24, 2.45) is 41.4 Å². The maximum absolute atomic E-state index is 15.0. The summed E-state index contributed by atoms with van der Waals surface area (Å²) in [7, 11) is -6.25. The molecule has 5 rings (SSSR count). The van der Waals surface area contributed by atoms with Crippen LogP contribution in [0.15, 0.2) is 0 Å². The van der Waals surface area contributed by atoms with Crippen molar-refractivity contribution >= 4 is 21.9 Å². The minimum Gasteiger partial charge on any atom is -0.272 e. The third-order valence-corrected chi connectivity index (χ3v) is 9.33. The number of hydrogen-bond acceptors (Lipinski definition) is 5. The Kier molecular flexibility index (Phi) is 4.03. The van der Waals surface area contributed by atoms with Crippen molar-refractivity contribution in [3.63, 3.8) is 0 Å². The average Bonchev–Trinajstić information content (AvgIpc) is 3.44. The Morgan fingerprint density at radius 1 is 0.862 bits per heavy atom. The minimum atomic E-state index is -6.25. The molecule has 5 aliphatic rings. The van der Waals surface area contributed by atoms with Crippen molar-refractivity contribution in [2.45, 2.75) is 56.1 Å². The molecule has 29 heavy (non-hydrogen) atoms. The van der Waals surface area contributed by atoms with E-state index in [0.29, 0.717) is 18.3 Å². The number of hydrogen-bond donors (Lipinski definition) is 0. The topological polar surface area (TPSA) is 80.8 Å². The molecule has 0 aromatic heterocycles. The Morgan fingerprint density at radius 3 is 2.07 bits per heavy atom. The summed E-state index contributed by atoms with van der Waals surface area (Å²) >= 11 is 0. The van der Waals surface area contributed by atoms with Crippen molar-refractivity contribution < 1.29 is 39.9 Å². The minimum absolute atomic E-state index is 0.0375. The van der Waals surface area contributed by atoms with Crippen LogP contribution in [0.3, 0.4) is 0 Å². The van der Waals surface area contributed by atoms with Crippen molar-refractivity contribution in [1.29, 1.82) is 0 Å². The number of carbonyl (C=O) groups is 2. The van der Waals surface area contributed by atoms with Crippen LogP contribution in [0.25, 0.3) is 0 Å². The summed E-state index contributed by atoms with van der Waals surface area (Å²) in [5.41, 5.74) is 0. The number of amides is 2. The van der Waals surface area contributed by atoms with Gasteiger partial charge in [0.1, 0.15) is 0 Å². The van der Waals surface area contributed by atoms with Crippen LogP contribution in [-0.4, -0.2) is 36.5 Å². The lowest BCUT2D eigenvalue weighted by Gasteiger charge is -2.42. The fraction of sp³-hybridized carbons (Fsp3) is 0.889. The van der Waals surface area contributed by atoms with E-state index >= 15 is 8.78 Å². The van der Waals surface area contributed by atoms with Crippen LogP contribution in [-0.2, 0) is 24.0 Å². The molecule has 0 radical (unpaired) electrons. The fourth-order valence-electron chi connectivity index (χ4n) is 7.15. The molecule has 0 aromatic rings. The molecule has 5 fully saturated rings. The molecular formula is C18H21F4NO5S. The summed E-state index contributed by atoms with van der Waals surface area (Å²) in [6, 6.07) is 0. The van der Waals surface area contributed by atoms with Gasteiger partial charge < -0.3 is 0 Å². The van der Waals surface area contributed by atoms with Gasteiger partial charge in [0, 0.05) is 18.8 Å². The molecule has 2 amide bonds. The van der Waals surface area contributed by atoms with Crippen LogP contribution >= 0.6 is 0 Å². The second-order valence-electron chi connectivity index (χ2n) is 9.24. The first-order valence-corrected chi connectivity index (χ1v) is 11.4. The first-order chi connectivity index (χ1) is 13.5. The monoisotopic (exact) mass is 439 g/mol. The first-order valence-electron chi connectivity index (χ1n) is 10.0. The van der Waals surface area contributed by atoms with Gasteiger partial charge in [-0.1, -0.05) is 0 Å². The van der Waals surface area contributed by atoms with Crippen molar-refractivity contribution in [3.05, 3.63) is 0 Å². The molecule has 0 spiro atoms. The van der Waals surface area contributed by atoms with Crippen LogP contribution in [0, 0.1) is 41.4 Å². The van der Waals surface area contributed by atoms with E-state index < -0.39 is 57.8 Å². The van der Waals surface area contributed by atoms with Crippen LogP contribution in [0.5, 0.6) is 0 Å². The zero-order chi connectivity index (χ0) is 20.9. The number of imide groups is 1. The SMILES string of the molecule is O=C1CCC(=O)N1OS(=O)(=O)C(F)(F)C(F)(F)C1CC2CC1C1C3CCC(C3)C21. The van der Waals surface area contributed by atoms with Crippen LogP contribution in [0.2, 0.25) is 0 Å². The third kappa shape index (κ3) is 2.46. The zero-order valence-corrected chi connectivity index (χ0v) is 16.2. The first kappa shape index (κ1) is 19.7. The lowest BCUT2D eigenvalue weighted by Crippen LogP contribution is -2.56. The van der Waals surface area contributed by atoms with Gasteiger partial charge in [-0.3, -0.25) is 9.59 Å². The van der Waals surface area contributed by atoms with Crippen molar-refractivity contribution in [3.8, 4) is 0 Å². The molecule has 1 heterocycles. The highest BCUT2D eigenvalue weighted by molar-refractivity contribution is 7.87.